The van der Waals surface area contributed by atoms with Crippen molar-refractivity contribution in [2.24, 2.45) is 0 Å². The average Bonchev–Trinajstić information content (AvgIpc) is 2.71. The molecule has 2 unspecified atom stereocenters. The van der Waals surface area contributed by atoms with Crippen LogP contribution in [0.2, 0.25) is 0 Å². The van der Waals surface area contributed by atoms with Crippen molar-refractivity contribution in [3.63, 3.8) is 0 Å². The number of furan rings is 1. The first-order chi connectivity index (χ1) is 6.74. The zero-order chi connectivity index (χ0) is 10.0. The van der Waals surface area contributed by atoms with Gasteiger partial charge in [0.05, 0.1) is 24.2 Å². The van der Waals surface area contributed by atoms with Crippen LogP contribution in [0.25, 0.3) is 0 Å². The van der Waals surface area contributed by atoms with E-state index in [4.69, 9.17) is 9.15 Å². The predicted molar refractivity (Wildman–Crippen MR) is 63.7 cm³/mol. The van der Waals surface area contributed by atoms with E-state index in [1.54, 1.807) is 12.5 Å². The standard InChI is InChI=1S/C11H15IO2/c1-11(9-4-6-13-8-9)5-2-3-10(7-12)14-11/h4,6,8,10H,2-3,5,7H2,1H3. The van der Waals surface area contributed by atoms with Crippen LogP contribution < -0.4 is 0 Å². The number of hydrogen-bond acceptors (Lipinski definition) is 2. The van der Waals surface area contributed by atoms with Gasteiger partial charge >= 0.3 is 0 Å². The maximum Gasteiger partial charge on any atom is 0.0963 e. The summed E-state index contributed by atoms with van der Waals surface area (Å²) in [6.07, 6.45) is 7.46. The normalized spacial score (nSPS) is 33.1. The van der Waals surface area contributed by atoms with Gasteiger partial charge < -0.3 is 9.15 Å². The van der Waals surface area contributed by atoms with Gasteiger partial charge in [-0.25, -0.2) is 0 Å². The minimum Gasteiger partial charge on any atom is -0.472 e. The first-order valence-corrected chi connectivity index (χ1v) is 6.53. The predicted octanol–water partition coefficient (Wildman–Crippen LogP) is 3.50. The van der Waals surface area contributed by atoms with Gasteiger partial charge in [0.15, 0.2) is 0 Å². The summed E-state index contributed by atoms with van der Waals surface area (Å²) in [6.45, 7) is 2.16. The van der Waals surface area contributed by atoms with Crippen molar-refractivity contribution in [1.29, 1.82) is 0 Å². The topological polar surface area (TPSA) is 22.4 Å². The number of rotatable bonds is 2. The molecule has 1 aromatic rings. The van der Waals surface area contributed by atoms with E-state index in [1.165, 1.54) is 18.4 Å². The third-order valence-electron chi connectivity index (χ3n) is 2.91. The minimum absolute atomic E-state index is 0.124. The van der Waals surface area contributed by atoms with Gasteiger partial charge in [-0.15, -0.1) is 0 Å². The second-order valence-corrected chi connectivity index (χ2v) is 4.91. The van der Waals surface area contributed by atoms with E-state index < -0.39 is 0 Å². The highest BCUT2D eigenvalue weighted by Gasteiger charge is 2.34. The number of ether oxygens (including phenoxy) is 1. The monoisotopic (exact) mass is 306 g/mol. The molecule has 2 atom stereocenters. The SMILES string of the molecule is CC1(c2ccoc2)CCCC(CI)O1. The van der Waals surface area contributed by atoms with E-state index in [9.17, 15) is 0 Å². The number of alkyl halides is 1. The Hall–Kier alpha value is -0.0300. The van der Waals surface area contributed by atoms with Crippen LogP contribution in [0.5, 0.6) is 0 Å². The highest BCUT2D eigenvalue weighted by Crippen LogP contribution is 2.37. The van der Waals surface area contributed by atoms with Crippen LogP contribution in [0.4, 0.5) is 0 Å². The van der Waals surface area contributed by atoms with E-state index >= 15 is 0 Å². The second-order valence-electron chi connectivity index (χ2n) is 4.03. The quantitative estimate of drug-likeness (QED) is 0.616. The molecule has 0 aliphatic carbocycles. The largest absolute Gasteiger partial charge is 0.472 e. The summed E-state index contributed by atoms with van der Waals surface area (Å²) in [6, 6.07) is 2.01. The summed E-state index contributed by atoms with van der Waals surface area (Å²) in [5, 5.41) is 0. The minimum atomic E-state index is -0.124. The summed E-state index contributed by atoms with van der Waals surface area (Å²) in [5.41, 5.74) is 1.05. The van der Waals surface area contributed by atoms with Crippen molar-refractivity contribution in [3.05, 3.63) is 24.2 Å². The molecule has 2 heterocycles. The molecule has 1 aliphatic rings. The summed E-state index contributed by atoms with van der Waals surface area (Å²) in [7, 11) is 0. The third kappa shape index (κ3) is 1.98. The molecule has 1 saturated heterocycles. The van der Waals surface area contributed by atoms with E-state index in [2.05, 4.69) is 29.5 Å². The van der Waals surface area contributed by atoms with Gasteiger partial charge in [-0.2, -0.15) is 0 Å². The molecule has 3 heteroatoms. The van der Waals surface area contributed by atoms with Gasteiger partial charge in [0.25, 0.3) is 0 Å². The Balaban J connectivity index is 2.15. The van der Waals surface area contributed by atoms with Crippen LogP contribution >= 0.6 is 22.6 Å². The van der Waals surface area contributed by atoms with Crippen LogP contribution in [0.3, 0.4) is 0 Å². The molecule has 1 fully saturated rings. The fourth-order valence-electron chi connectivity index (χ4n) is 2.04. The molecular formula is C11H15IO2. The van der Waals surface area contributed by atoms with Gasteiger partial charge in [-0.05, 0) is 32.3 Å². The Morgan fingerprint density at radius 2 is 2.50 bits per heavy atom. The molecule has 2 rings (SSSR count). The molecule has 1 aromatic heterocycles. The van der Waals surface area contributed by atoms with Crippen molar-refractivity contribution >= 4 is 22.6 Å². The Morgan fingerprint density at radius 1 is 1.64 bits per heavy atom. The van der Waals surface area contributed by atoms with E-state index in [0.29, 0.717) is 6.10 Å². The average molecular weight is 306 g/mol. The molecule has 0 bridgehead atoms. The molecular weight excluding hydrogens is 291 g/mol. The van der Waals surface area contributed by atoms with Crippen LogP contribution in [0, 0.1) is 0 Å². The van der Waals surface area contributed by atoms with Gasteiger partial charge in [-0.3, -0.25) is 0 Å². The molecule has 14 heavy (non-hydrogen) atoms. The molecule has 0 N–H and O–H groups in total. The van der Waals surface area contributed by atoms with Crippen LogP contribution in [0.1, 0.15) is 31.7 Å². The van der Waals surface area contributed by atoms with E-state index in [0.717, 1.165) is 10.8 Å². The van der Waals surface area contributed by atoms with Gasteiger partial charge in [0.2, 0.25) is 0 Å². The lowest BCUT2D eigenvalue weighted by atomic mass is 9.88. The van der Waals surface area contributed by atoms with Gasteiger partial charge in [0, 0.05) is 9.99 Å². The van der Waals surface area contributed by atoms with Gasteiger partial charge in [-0.1, -0.05) is 22.6 Å². The van der Waals surface area contributed by atoms with Crippen molar-refractivity contribution in [2.45, 2.75) is 37.9 Å². The number of halogens is 1. The van der Waals surface area contributed by atoms with Crippen molar-refractivity contribution in [3.8, 4) is 0 Å². The molecule has 0 saturated carbocycles. The summed E-state index contributed by atoms with van der Waals surface area (Å²) < 4.78 is 12.3. The van der Waals surface area contributed by atoms with Crippen LogP contribution in [-0.2, 0) is 10.3 Å². The Bertz CT molecular complexity index is 283. The molecule has 0 amide bonds. The second kappa shape index (κ2) is 4.23. The maximum atomic E-state index is 6.10. The highest BCUT2D eigenvalue weighted by molar-refractivity contribution is 14.1. The molecule has 78 valence electrons. The first-order valence-electron chi connectivity index (χ1n) is 5.01. The Kier molecular flexibility index (Phi) is 3.17. The summed E-state index contributed by atoms with van der Waals surface area (Å²) in [5.74, 6) is 0. The molecule has 1 aliphatic heterocycles. The van der Waals surface area contributed by atoms with E-state index in [1.807, 2.05) is 6.07 Å². The summed E-state index contributed by atoms with van der Waals surface area (Å²) in [4.78, 5) is 0. The molecule has 0 spiro atoms. The molecule has 2 nitrogen and oxygen atoms in total. The van der Waals surface area contributed by atoms with Crippen molar-refractivity contribution < 1.29 is 9.15 Å². The first kappa shape index (κ1) is 10.5. The Labute approximate surface area is 98.1 Å². The molecule has 0 aromatic carbocycles. The molecule has 0 radical (unpaired) electrons. The lowest BCUT2D eigenvalue weighted by molar-refractivity contribution is -0.112. The van der Waals surface area contributed by atoms with Crippen LogP contribution in [0.15, 0.2) is 23.0 Å². The zero-order valence-corrected chi connectivity index (χ0v) is 10.5. The zero-order valence-electron chi connectivity index (χ0n) is 8.33. The van der Waals surface area contributed by atoms with Gasteiger partial charge in [0.1, 0.15) is 0 Å². The fourth-order valence-corrected chi connectivity index (χ4v) is 2.66. The van der Waals surface area contributed by atoms with Crippen molar-refractivity contribution in [2.75, 3.05) is 4.43 Å². The lowest BCUT2D eigenvalue weighted by Crippen LogP contribution is -2.36. The Morgan fingerprint density at radius 3 is 3.14 bits per heavy atom. The van der Waals surface area contributed by atoms with Crippen molar-refractivity contribution in [1.82, 2.24) is 0 Å². The smallest absolute Gasteiger partial charge is 0.0963 e. The van der Waals surface area contributed by atoms with E-state index in [-0.39, 0.29) is 5.60 Å². The fraction of sp³-hybridized carbons (Fsp3) is 0.636. The number of hydrogen-bond donors (Lipinski definition) is 0. The summed E-state index contributed by atoms with van der Waals surface area (Å²) >= 11 is 2.39. The van der Waals surface area contributed by atoms with Crippen LogP contribution in [-0.4, -0.2) is 10.5 Å². The third-order valence-corrected chi connectivity index (χ3v) is 3.89. The highest BCUT2D eigenvalue weighted by atomic mass is 127. The lowest BCUT2D eigenvalue weighted by Gasteiger charge is -2.37. The maximum absolute atomic E-state index is 6.10.